The molecular formula is C17H17F2N3. The van der Waals surface area contributed by atoms with Crippen LogP contribution in [0.1, 0.15) is 41.5 Å². The van der Waals surface area contributed by atoms with Crippen LogP contribution in [0, 0.1) is 18.6 Å². The van der Waals surface area contributed by atoms with Crippen LogP contribution in [-0.2, 0) is 13.0 Å². The summed E-state index contributed by atoms with van der Waals surface area (Å²) in [5.41, 5.74) is 2.69. The Morgan fingerprint density at radius 2 is 2.14 bits per heavy atom. The van der Waals surface area contributed by atoms with E-state index in [4.69, 9.17) is 0 Å². The first-order valence-electron chi connectivity index (χ1n) is 7.64. The van der Waals surface area contributed by atoms with Crippen LogP contribution in [0.5, 0.6) is 0 Å². The lowest BCUT2D eigenvalue weighted by molar-refractivity contribution is 0.163. The van der Waals surface area contributed by atoms with Crippen LogP contribution in [-0.4, -0.2) is 20.9 Å². The molecule has 22 heavy (non-hydrogen) atoms. The topological polar surface area (TPSA) is 29.0 Å². The van der Waals surface area contributed by atoms with Crippen LogP contribution in [0.3, 0.4) is 0 Å². The van der Waals surface area contributed by atoms with E-state index in [1.165, 1.54) is 0 Å². The highest BCUT2D eigenvalue weighted by Crippen LogP contribution is 2.43. The number of rotatable bonds is 2. The zero-order valence-corrected chi connectivity index (χ0v) is 12.4. The summed E-state index contributed by atoms with van der Waals surface area (Å²) >= 11 is 0. The second-order valence-corrected chi connectivity index (χ2v) is 6.16. The zero-order chi connectivity index (χ0) is 15.3. The fourth-order valence-corrected chi connectivity index (χ4v) is 3.79. The first-order valence-corrected chi connectivity index (χ1v) is 7.64. The van der Waals surface area contributed by atoms with Gasteiger partial charge in [0.25, 0.3) is 0 Å². The van der Waals surface area contributed by atoms with E-state index in [1.807, 2.05) is 13.1 Å². The summed E-state index contributed by atoms with van der Waals surface area (Å²) in [5, 5.41) is 0. The van der Waals surface area contributed by atoms with Gasteiger partial charge in [0.1, 0.15) is 5.82 Å². The van der Waals surface area contributed by atoms with Gasteiger partial charge in [-0.2, -0.15) is 0 Å². The van der Waals surface area contributed by atoms with Crippen molar-refractivity contribution in [1.29, 1.82) is 0 Å². The van der Waals surface area contributed by atoms with E-state index < -0.39 is 11.6 Å². The highest BCUT2D eigenvalue weighted by Gasteiger charge is 2.40. The number of hydrogen-bond acceptors (Lipinski definition) is 3. The van der Waals surface area contributed by atoms with Gasteiger partial charge >= 0.3 is 0 Å². The average Bonchev–Trinajstić information content (AvgIpc) is 2.77. The third-order valence-electron chi connectivity index (χ3n) is 4.84. The summed E-state index contributed by atoms with van der Waals surface area (Å²) in [6.45, 7) is 2.34. The van der Waals surface area contributed by atoms with Crippen LogP contribution in [0.15, 0.2) is 24.4 Å². The first-order chi connectivity index (χ1) is 10.6. The molecule has 3 nitrogen and oxygen atoms in total. The van der Waals surface area contributed by atoms with Crippen LogP contribution in [0.4, 0.5) is 8.78 Å². The van der Waals surface area contributed by atoms with Crippen LogP contribution < -0.4 is 0 Å². The van der Waals surface area contributed by atoms with Gasteiger partial charge in [-0.15, -0.1) is 0 Å². The van der Waals surface area contributed by atoms with E-state index in [0.717, 1.165) is 42.4 Å². The van der Waals surface area contributed by atoms with Crippen LogP contribution in [0.25, 0.3) is 0 Å². The number of hydrogen-bond donors (Lipinski definition) is 0. The summed E-state index contributed by atoms with van der Waals surface area (Å²) in [5.74, 6) is -0.711. The first kappa shape index (κ1) is 13.8. The maximum Gasteiger partial charge on any atom is 0.163 e. The molecule has 1 fully saturated rings. The number of benzene rings is 1. The van der Waals surface area contributed by atoms with E-state index in [9.17, 15) is 8.78 Å². The normalized spacial score (nSPS) is 23.6. The van der Waals surface area contributed by atoms with Crippen molar-refractivity contribution in [3.8, 4) is 0 Å². The molecule has 2 aromatic rings. The van der Waals surface area contributed by atoms with Gasteiger partial charge in [0.15, 0.2) is 11.6 Å². The molecule has 2 aliphatic heterocycles. The third-order valence-corrected chi connectivity index (χ3v) is 4.84. The SMILES string of the molecule is Cc1ncc2c(n1)CC1CCC2N1Cc1cccc(F)c1F. The third kappa shape index (κ3) is 2.11. The quantitative estimate of drug-likeness (QED) is 0.852. The number of fused-ring (bicyclic) bond motifs is 4. The van der Waals surface area contributed by atoms with Gasteiger partial charge in [0, 0.05) is 42.4 Å². The monoisotopic (exact) mass is 301 g/mol. The predicted octanol–water partition coefficient (Wildman–Crippen LogP) is 3.33. The maximum absolute atomic E-state index is 14.0. The van der Waals surface area contributed by atoms with Crippen molar-refractivity contribution in [2.75, 3.05) is 0 Å². The zero-order valence-electron chi connectivity index (χ0n) is 12.4. The fourth-order valence-electron chi connectivity index (χ4n) is 3.79. The smallest absolute Gasteiger partial charge is 0.163 e. The molecule has 0 spiro atoms. The molecule has 114 valence electrons. The van der Waals surface area contributed by atoms with Gasteiger partial charge in [0.05, 0.1) is 5.69 Å². The van der Waals surface area contributed by atoms with Crippen molar-refractivity contribution in [3.05, 3.63) is 58.7 Å². The molecule has 1 aromatic heterocycles. The molecule has 0 saturated carbocycles. The lowest BCUT2D eigenvalue weighted by Gasteiger charge is -2.35. The molecule has 3 heterocycles. The summed E-state index contributed by atoms with van der Waals surface area (Å²) in [6, 6.07) is 4.97. The van der Waals surface area contributed by atoms with E-state index in [2.05, 4.69) is 14.9 Å². The minimum atomic E-state index is -0.777. The van der Waals surface area contributed by atoms with Crippen molar-refractivity contribution in [2.45, 2.75) is 44.8 Å². The molecule has 1 aromatic carbocycles. The van der Waals surface area contributed by atoms with Gasteiger partial charge in [-0.05, 0) is 25.8 Å². The highest BCUT2D eigenvalue weighted by atomic mass is 19.2. The van der Waals surface area contributed by atoms with E-state index in [-0.39, 0.29) is 6.04 Å². The van der Waals surface area contributed by atoms with Crippen molar-refractivity contribution < 1.29 is 8.78 Å². The second-order valence-electron chi connectivity index (χ2n) is 6.16. The predicted molar refractivity (Wildman–Crippen MR) is 78.1 cm³/mol. The highest BCUT2D eigenvalue weighted by molar-refractivity contribution is 5.29. The standard InChI is InChI=1S/C17H17F2N3/c1-10-20-8-13-15(21-10)7-12-5-6-16(13)22(12)9-11-3-2-4-14(18)17(11)19/h2-4,8,12,16H,5-7,9H2,1H3. The lowest BCUT2D eigenvalue weighted by atomic mass is 9.98. The molecule has 2 aliphatic rings. The Bertz CT molecular complexity index is 732. The summed E-state index contributed by atoms with van der Waals surface area (Å²) < 4.78 is 27.4. The molecule has 0 N–H and O–H groups in total. The summed E-state index contributed by atoms with van der Waals surface area (Å²) in [6.07, 6.45) is 4.86. The Labute approximate surface area is 128 Å². The Hall–Kier alpha value is -1.88. The second kappa shape index (κ2) is 5.09. The van der Waals surface area contributed by atoms with Crippen molar-refractivity contribution >= 4 is 0 Å². The fraction of sp³-hybridized carbons (Fsp3) is 0.412. The minimum absolute atomic E-state index is 0.219. The Morgan fingerprint density at radius 3 is 3.00 bits per heavy atom. The van der Waals surface area contributed by atoms with Gasteiger partial charge < -0.3 is 0 Å². The Balaban J connectivity index is 1.67. The number of halogens is 2. The van der Waals surface area contributed by atoms with Crippen LogP contribution >= 0.6 is 0 Å². The molecule has 0 radical (unpaired) electrons. The molecule has 1 saturated heterocycles. The largest absolute Gasteiger partial charge is 0.289 e. The lowest BCUT2D eigenvalue weighted by Crippen LogP contribution is -2.37. The van der Waals surface area contributed by atoms with Crippen molar-refractivity contribution in [1.82, 2.24) is 14.9 Å². The molecule has 5 heteroatoms. The summed E-state index contributed by atoms with van der Waals surface area (Å²) in [4.78, 5) is 11.1. The molecule has 0 aliphatic carbocycles. The van der Waals surface area contributed by atoms with Gasteiger partial charge in [0.2, 0.25) is 0 Å². The average molecular weight is 301 g/mol. The number of aromatic nitrogens is 2. The Morgan fingerprint density at radius 1 is 1.27 bits per heavy atom. The summed E-state index contributed by atoms with van der Waals surface area (Å²) in [7, 11) is 0. The Kier molecular flexibility index (Phi) is 3.18. The van der Waals surface area contributed by atoms with Gasteiger partial charge in [-0.3, -0.25) is 4.90 Å². The molecule has 2 unspecified atom stereocenters. The molecule has 4 rings (SSSR count). The molecular weight excluding hydrogens is 284 g/mol. The minimum Gasteiger partial charge on any atom is -0.289 e. The van der Waals surface area contributed by atoms with Crippen molar-refractivity contribution in [2.24, 2.45) is 0 Å². The molecule has 0 amide bonds. The van der Waals surface area contributed by atoms with Gasteiger partial charge in [-0.25, -0.2) is 18.7 Å². The van der Waals surface area contributed by atoms with E-state index in [1.54, 1.807) is 12.1 Å². The molecule has 2 bridgehead atoms. The van der Waals surface area contributed by atoms with E-state index >= 15 is 0 Å². The van der Waals surface area contributed by atoms with Crippen molar-refractivity contribution in [3.63, 3.8) is 0 Å². The van der Waals surface area contributed by atoms with Gasteiger partial charge in [-0.1, -0.05) is 12.1 Å². The maximum atomic E-state index is 14.0. The number of aryl methyl sites for hydroxylation is 1. The number of nitrogens with zero attached hydrogens (tertiary/aromatic N) is 3. The van der Waals surface area contributed by atoms with Crippen LogP contribution in [0.2, 0.25) is 0 Å². The van der Waals surface area contributed by atoms with E-state index in [0.29, 0.717) is 18.2 Å². The molecule has 2 atom stereocenters.